The predicted molar refractivity (Wildman–Crippen MR) is 77.2 cm³/mol. The zero-order chi connectivity index (χ0) is 13.8. The molecule has 0 spiro atoms. The second kappa shape index (κ2) is 6.20. The summed E-state index contributed by atoms with van der Waals surface area (Å²) in [5.41, 5.74) is 1.07. The van der Waals surface area contributed by atoms with Crippen LogP contribution in [0, 0.1) is 0 Å². The molecule has 1 fully saturated rings. The first-order valence-electron chi connectivity index (χ1n) is 7.10. The van der Waals surface area contributed by atoms with Gasteiger partial charge in [0.2, 0.25) is 5.89 Å². The normalized spacial score (nSPS) is 17.4. The average Bonchev–Trinajstić information content (AvgIpc) is 2.97. The van der Waals surface area contributed by atoms with Crippen molar-refractivity contribution < 1.29 is 9.15 Å². The van der Waals surface area contributed by atoms with Crippen molar-refractivity contribution in [1.29, 1.82) is 0 Å². The van der Waals surface area contributed by atoms with E-state index in [0.29, 0.717) is 6.10 Å². The van der Waals surface area contributed by atoms with Gasteiger partial charge >= 0.3 is 0 Å². The highest BCUT2D eigenvalue weighted by Crippen LogP contribution is 2.21. The molecule has 0 radical (unpaired) electrons. The van der Waals surface area contributed by atoms with Gasteiger partial charge in [-0.3, -0.25) is 4.90 Å². The Balaban J connectivity index is 1.61. The average molecular weight is 272 g/mol. The number of hydrogen-bond acceptors (Lipinski definition) is 4. The van der Waals surface area contributed by atoms with Crippen LogP contribution in [0.25, 0.3) is 11.3 Å². The van der Waals surface area contributed by atoms with Crippen LogP contribution in [-0.2, 0) is 11.3 Å². The molecule has 1 aliphatic rings. The quantitative estimate of drug-likeness (QED) is 0.857. The lowest BCUT2D eigenvalue weighted by atomic mass is 10.1. The largest absolute Gasteiger partial charge is 0.439 e. The van der Waals surface area contributed by atoms with Gasteiger partial charge in [0.05, 0.1) is 18.8 Å². The molecule has 2 heterocycles. The molecular weight excluding hydrogens is 252 g/mol. The van der Waals surface area contributed by atoms with Crippen LogP contribution < -0.4 is 0 Å². The summed E-state index contributed by atoms with van der Waals surface area (Å²) < 4.78 is 11.2. The third-order valence-electron chi connectivity index (χ3n) is 3.84. The lowest BCUT2D eigenvalue weighted by Gasteiger charge is -2.30. The minimum absolute atomic E-state index is 0.413. The van der Waals surface area contributed by atoms with Crippen molar-refractivity contribution in [1.82, 2.24) is 9.88 Å². The van der Waals surface area contributed by atoms with Crippen LogP contribution in [0.3, 0.4) is 0 Å². The van der Waals surface area contributed by atoms with Crippen molar-refractivity contribution in [3.05, 3.63) is 42.4 Å². The molecule has 1 aromatic carbocycles. The molecule has 0 bridgehead atoms. The van der Waals surface area contributed by atoms with Crippen LogP contribution in [-0.4, -0.2) is 36.2 Å². The van der Waals surface area contributed by atoms with Gasteiger partial charge in [-0.1, -0.05) is 30.3 Å². The lowest BCUT2D eigenvalue weighted by molar-refractivity contribution is 0.0365. The van der Waals surface area contributed by atoms with E-state index in [0.717, 1.165) is 49.7 Å². The summed E-state index contributed by atoms with van der Waals surface area (Å²) in [6.45, 7) is 2.87. The van der Waals surface area contributed by atoms with Gasteiger partial charge in [0.1, 0.15) is 0 Å². The molecule has 4 heteroatoms. The minimum Gasteiger partial charge on any atom is -0.439 e. The van der Waals surface area contributed by atoms with Gasteiger partial charge in [0.15, 0.2) is 5.76 Å². The maximum atomic E-state index is 5.84. The molecule has 2 aromatic rings. The number of hydrogen-bond donors (Lipinski definition) is 0. The number of ether oxygens (including phenoxy) is 1. The van der Waals surface area contributed by atoms with Crippen molar-refractivity contribution >= 4 is 0 Å². The third-order valence-corrected chi connectivity index (χ3v) is 3.84. The van der Waals surface area contributed by atoms with E-state index < -0.39 is 0 Å². The maximum Gasteiger partial charge on any atom is 0.209 e. The van der Waals surface area contributed by atoms with Crippen molar-refractivity contribution in [3.8, 4) is 11.3 Å². The van der Waals surface area contributed by atoms with E-state index in [9.17, 15) is 0 Å². The zero-order valence-corrected chi connectivity index (χ0v) is 11.8. The molecule has 0 amide bonds. The summed E-state index contributed by atoms with van der Waals surface area (Å²) in [5, 5.41) is 0. The number of benzene rings is 1. The second-order valence-corrected chi connectivity index (χ2v) is 5.20. The fourth-order valence-electron chi connectivity index (χ4n) is 2.61. The molecule has 1 aliphatic heterocycles. The standard InChI is InChI=1S/C16H20N2O2/c1-19-14-7-9-18(10-8-14)12-16-17-11-15(20-16)13-5-3-2-4-6-13/h2-6,11,14H,7-10,12H2,1H3. The first-order valence-corrected chi connectivity index (χ1v) is 7.10. The van der Waals surface area contributed by atoms with Crippen LogP contribution in [0.2, 0.25) is 0 Å². The van der Waals surface area contributed by atoms with E-state index in [1.807, 2.05) is 36.5 Å². The summed E-state index contributed by atoms with van der Waals surface area (Å²) in [6.07, 6.45) is 4.40. The third kappa shape index (κ3) is 3.08. The molecule has 0 saturated carbocycles. The summed E-state index contributed by atoms with van der Waals surface area (Å²) in [6, 6.07) is 10.1. The van der Waals surface area contributed by atoms with E-state index in [1.54, 1.807) is 7.11 Å². The first kappa shape index (κ1) is 13.3. The van der Waals surface area contributed by atoms with E-state index in [-0.39, 0.29) is 0 Å². The molecule has 0 atom stereocenters. The highest BCUT2D eigenvalue weighted by Gasteiger charge is 2.20. The Morgan fingerprint density at radius 1 is 1.25 bits per heavy atom. The monoisotopic (exact) mass is 272 g/mol. The number of likely N-dealkylation sites (tertiary alicyclic amines) is 1. The van der Waals surface area contributed by atoms with Crippen LogP contribution in [0.5, 0.6) is 0 Å². The highest BCUT2D eigenvalue weighted by molar-refractivity contribution is 5.55. The van der Waals surface area contributed by atoms with Gasteiger partial charge in [-0.25, -0.2) is 4.98 Å². The van der Waals surface area contributed by atoms with Crippen molar-refractivity contribution in [3.63, 3.8) is 0 Å². The topological polar surface area (TPSA) is 38.5 Å². The number of piperidine rings is 1. The number of oxazole rings is 1. The van der Waals surface area contributed by atoms with E-state index >= 15 is 0 Å². The molecule has 20 heavy (non-hydrogen) atoms. The van der Waals surface area contributed by atoms with Crippen molar-refractivity contribution in [2.75, 3.05) is 20.2 Å². The molecular formula is C16H20N2O2. The molecule has 3 rings (SSSR count). The molecule has 4 nitrogen and oxygen atoms in total. The molecule has 0 aliphatic carbocycles. The van der Waals surface area contributed by atoms with Gasteiger partial charge < -0.3 is 9.15 Å². The molecule has 1 aromatic heterocycles. The fraction of sp³-hybridized carbons (Fsp3) is 0.438. The van der Waals surface area contributed by atoms with E-state index in [4.69, 9.17) is 9.15 Å². The van der Waals surface area contributed by atoms with Crippen LogP contribution >= 0.6 is 0 Å². The Morgan fingerprint density at radius 2 is 2.00 bits per heavy atom. The van der Waals surface area contributed by atoms with Crippen molar-refractivity contribution in [2.24, 2.45) is 0 Å². The van der Waals surface area contributed by atoms with Crippen LogP contribution in [0.4, 0.5) is 0 Å². The minimum atomic E-state index is 0.413. The van der Waals surface area contributed by atoms with Crippen LogP contribution in [0.15, 0.2) is 40.9 Å². The van der Waals surface area contributed by atoms with Gasteiger partial charge in [0.25, 0.3) is 0 Å². The van der Waals surface area contributed by atoms with E-state index in [1.165, 1.54) is 0 Å². The summed E-state index contributed by atoms with van der Waals surface area (Å²) in [5.74, 6) is 1.63. The highest BCUT2D eigenvalue weighted by atomic mass is 16.5. The summed E-state index contributed by atoms with van der Waals surface area (Å²) >= 11 is 0. The Hall–Kier alpha value is -1.65. The number of nitrogens with zero attached hydrogens (tertiary/aromatic N) is 2. The number of aromatic nitrogens is 1. The summed E-state index contributed by atoms with van der Waals surface area (Å²) in [4.78, 5) is 6.76. The Labute approximate surface area is 119 Å². The molecule has 106 valence electrons. The predicted octanol–water partition coefficient (Wildman–Crippen LogP) is 2.95. The number of methoxy groups -OCH3 is 1. The first-order chi connectivity index (χ1) is 9.85. The Morgan fingerprint density at radius 3 is 2.70 bits per heavy atom. The van der Waals surface area contributed by atoms with Gasteiger partial charge in [0, 0.05) is 25.8 Å². The molecule has 1 saturated heterocycles. The smallest absolute Gasteiger partial charge is 0.209 e. The number of rotatable bonds is 4. The van der Waals surface area contributed by atoms with Gasteiger partial charge in [-0.15, -0.1) is 0 Å². The van der Waals surface area contributed by atoms with Crippen LogP contribution in [0.1, 0.15) is 18.7 Å². The Kier molecular flexibility index (Phi) is 4.14. The fourth-order valence-corrected chi connectivity index (χ4v) is 2.61. The second-order valence-electron chi connectivity index (χ2n) is 5.20. The van der Waals surface area contributed by atoms with Gasteiger partial charge in [-0.2, -0.15) is 0 Å². The lowest BCUT2D eigenvalue weighted by Crippen LogP contribution is -2.36. The molecule has 0 N–H and O–H groups in total. The SMILES string of the molecule is COC1CCN(Cc2ncc(-c3ccccc3)o2)CC1. The Bertz CT molecular complexity index is 530. The molecule has 0 unspecified atom stereocenters. The van der Waals surface area contributed by atoms with Crippen molar-refractivity contribution in [2.45, 2.75) is 25.5 Å². The zero-order valence-electron chi connectivity index (χ0n) is 11.8. The maximum absolute atomic E-state index is 5.84. The van der Waals surface area contributed by atoms with E-state index in [2.05, 4.69) is 9.88 Å². The summed E-state index contributed by atoms with van der Waals surface area (Å²) in [7, 11) is 1.79. The van der Waals surface area contributed by atoms with Gasteiger partial charge in [-0.05, 0) is 12.8 Å².